The number of nitrogens with one attached hydrogen (secondary N) is 1. The predicted octanol–water partition coefficient (Wildman–Crippen LogP) is 5.29. The Labute approximate surface area is 160 Å². The summed E-state index contributed by atoms with van der Waals surface area (Å²) in [6, 6.07) is 9.44. The smallest absolute Gasteiger partial charge is 0.231 e. The average Bonchev–Trinajstić information content (AvgIpc) is 3.08. The summed E-state index contributed by atoms with van der Waals surface area (Å²) in [4.78, 5) is 12.8. The zero-order valence-corrected chi connectivity index (χ0v) is 15.3. The van der Waals surface area contributed by atoms with Crippen LogP contribution in [0.5, 0.6) is 11.5 Å². The fraction of sp³-hybridized carbons (Fsp3) is 0.250. The molecular weight excluding hydrogens is 373 g/mol. The molecule has 0 saturated heterocycles. The van der Waals surface area contributed by atoms with Crippen molar-refractivity contribution in [2.45, 2.75) is 25.2 Å². The van der Waals surface area contributed by atoms with Crippen LogP contribution in [0.4, 0.5) is 5.69 Å². The third-order valence-corrected chi connectivity index (χ3v) is 6.01. The Morgan fingerprint density at radius 3 is 2.69 bits per heavy atom. The Kier molecular flexibility index (Phi) is 3.66. The van der Waals surface area contributed by atoms with Crippen molar-refractivity contribution >= 4 is 34.7 Å². The first-order valence-electron chi connectivity index (χ1n) is 8.54. The molecule has 0 amide bonds. The van der Waals surface area contributed by atoms with Gasteiger partial charge in [0.1, 0.15) is 0 Å². The van der Waals surface area contributed by atoms with Crippen LogP contribution < -0.4 is 14.8 Å². The number of anilines is 1. The van der Waals surface area contributed by atoms with Gasteiger partial charge in [-0.3, -0.25) is 4.79 Å². The van der Waals surface area contributed by atoms with Gasteiger partial charge in [-0.1, -0.05) is 35.3 Å². The number of carbonyl (C=O) groups is 1. The number of carbonyl (C=O) groups excluding carboxylic acids is 1. The lowest BCUT2D eigenvalue weighted by Gasteiger charge is -2.34. The van der Waals surface area contributed by atoms with Gasteiger partial charge >= 0.3 is 0 Å². The fourth-order valence-corrected chi connectivity index (χ4v) is 4.43. The van der Waals surface area contributed by atoms with E-state index in [2.05, 4.69) is 5.32 Å². The number of hydrogen-bond acceptors (Lipinski definition) is 4. The van der Waals surface area contributed by atoms with Crippen molar-refractivity contribution in [3.63, 3.8) is 0 Å². The van der Waals surface area contributed by atoms with E-state index >= 15 is 0 Å². The molecule has 0 fully saturated rings. The van der Waals surface area contributed by atoms with E-state index in [1.54, 1.807) is 6.07 Å². The minimum absolute atomic E-state index is 0.156. The Morgan fingerprint density at radius 2 is 1.85 bits per heavy atom. The molecule has 2 aromatic carbocycles. The summed E-state index contributed by atoms with van der Waals surface area (Å²) in [6.07, 6.45) is 2.24. The van der Waals surface area contributed by atoms with Gasteiger partial charge in [0.2, 0.25) is 6.79 Å². The topological polar surface area (TPSA) is 47.6 Å². The van der Waals surface area contributed by atoms with Gasteiger partial charge in [-0.15, -0.1) is 0 Å². The van der Waals surface area contributed by atoms with Gasteiger partial charge in [0.05, 0.1) is 10.0 Å². The van der Waals surface area contributed by atoms with Gasteiger partial charge in [0, 0.05) is 35.4 Å². The standard InChI is InChI=1S/C20H15Cl2NO3/c21-12-4-1-3-10(20(12)22)18-11-7-16-17(26-9-25-16)8-14(11)23-13-5-2-6-15(24)19(13)18/h1,3-4,7-8,18,23H,2,5-6,9H2/t18-/m1/s1. The molecular formula is C20H15Cl2NO3. The van der Waals surface area contributed by atoms with Crippen molar-refractivity contribution in [3.05, 3.63) is 62.8 Å². The van der Waals surface area contributed by atoms with Gasteiger partial charge in [0.25, 0.3) is 0 Å². The molecule has 1 N–H and O–H groups in total. The van der Waals surface area contributed by atoms with E-state index in [0.717, 1.165) is 40.9 Å². The SMILES string of the molecule is O=C1CCCC2=C1[C@H](c1cccc(Cl)c1Cl)c1cc3c(cc1N2)OCO3. The number of allylic oxidation sites excluding steroid dienone is 2. The van der Waals surface area contributed by atoms with Crippen LogP contribution in [-0.4, -0.2) is 12.6 Å². The third kappa shape index (κ3) is 2.32. The molecule has 1 aliphatic carbocycles. The predicted molar refractivity (Wildman–Crippen MR) is 100 cm³/mol. The molecule has 6 heteroatoms. The van der Waals surface area contributed by atoms with E-state index in [-0.39, 0.29) is 18.5 Å². The van der Waals surface area contributed by atoms with Crippen LogP contribution in [0.3, 0.4) is 0 Å². The molecule has 2 aromatic rings. The molecule has 0 spiro atoms. The number of ketones is 1. The summed E-state index contributed by atoms with van der Waals surface area (Å²) in [5.74, 6) is 1.28. The quantitative estimate of drug-likeness (QED) is 0.722. The van der Waals surface area contributed by atoms with E-state index in [9.17, 15) is 4.79 Å². The van der Waals surface area contributed by atoms with Gasteiger partial charge in [-0.25, -0.2) is 0 Å². The molecule has 2 heterocycles. The molecule has 0 saturated carbocycles. The maximum absolute atomic E-state index is 12.8. The summed E-state index contributed by atoms with van der Waals surface area (Å²) in [6.45, 7) is 0.201. The first-order chi connectivity index (χ1) is 12.6. The average molecular weight is 388 g/mol. The van der Waals surface area contributed by atoms with Crippen LogP contribution in [0.25, 0.3) is 0 Å². The Balaban J connectivity index is 1.78. The maximum atomic E-state index is 12.8. The highest BCUT2D eigenvalue weighted by molar-refractivity contribution is 6.42. The molecule has 26 heavy (non-hydrogen) atoms. The Hall–Kier alpha value is -2.17. The second-order valence-electron chi connectivity index (χ2n) is 6.66. The van der Waals surface area contributed by atoms with Crippen LogP contribution >= 0.6 is 23.2 Å². The van der Waals surface area contributed by atoms with Crippen LogP contribution in [0.15, 0.2) is 41.6 Å². The zero-order valence-electron chi connectivity index (χ0n) is 13.8. The second-order valence-corrected chi connectivity index (χ2v) is 7.45. The summed E-state index contributed by atoms with van der Waals surface area (Å²) >= 11 is 12.8. The maximum Gasteiger partial charge on any atom is 0.231 e. The fourth-order valence-electron chi connectivity index (χ4n) is 4.02. The van der Waals surface area contributed by atoms with E-state index in [4.69, 9.17) is 32.7 Å². The van der Waals surface area contributed by atoms with Crippen molar-refractivity contribution in [1.29, 1.82) is 0 Å². The molecule has 3 aliphatic rings. The van der Waals surface area contributed by atoms with Crippen LogP contribution in [-0.2, 0) is 4.79 Å². The summed E-state index contributed by atoms with van der Waals surface area (Å²) in [5, 5.41) is 4.40. The lowest BCUT2D eigenvalue weighted by Crippen LogP contribution is -2.27. The van der Waals surface area contributed by atoms with Crippen LogP contribution in [0, 0.1) is 0 Å². The van der Waals surface area contributed by atoms with Crippen molar-refractivity contribution < 1.29 is 14.3 Å². The molecule has 2 aliphatic heterocycles. The van der Waals surface area contributed by atoms with E-state index in [1.165, 1.54) is 0 Å². The minimum Gasteiger partial charge on any atom is -0.454 e. The normalized spacial score (nSPS) is 20.5. The lowest BCUT2D eigenvalue weighted by atomic mass is 9.75. The van der Waals surface area contributed by atoms with Crippen molar-refractivity contribution in [2.24, 2.45) is 0 Å². The van der Waals surface area contributed by atoms with Crippen LogP contribution in [0.1, 0.15) is 36.3 Å². The lowest BCUT2D eigenvalue weighted by molar-refractivity contribution is -0.116. The molecule has 0 aromatic heterocycles. The highest BCUT2D eigenvalue weighted by atomic mass is 35.5. The van der Waals surface area contributed by atoms with Crippen molar-refractivity contribution in [1.82, 2.24) is 0 Å². The molecule has 4 nitrogen and oxygen atoms in total. The summed E-state index contributed by atoms with van der Waals surface area (Å²) in [5.41, 5.74) is 4.46. The minimum atomic E-state index is -0.269. The molecule has 0 radical (unpaired) electrons. The van der Waals surface area contributed by atoms with E-state index in [1.807, 2.05) is 24.3 Å². The van der Waals surface area contributed by atoms with Gasteiger partial charge < -0.3 is 14.8 Å². The number of halogens is 2. The summed E-state index contributed by atoms with van der Waals surface area (Å²) in [7, 11) is 0. The van der Waals surface area contributed by atoms with E-state index in [0.29, 0.717) is 28.0 Å². The number of hydrogen-bond donors (Lipinski definition) is 1. The van der Waals surface area contributed by atoms with Crippen molar-refractivity contribution in [3.8, 4) is 11.5 Å². The number of Topliss-reactive ketones (excluding diaryl/α,β-unsaturated/α-hetero) is 1. The Morgan fingerprint density at radius 1 is 1.04 bits per heavy atom. The molecule has 1 atom stereocenters. The zero-order chi connectivity index (χ0) is 17.8. The molecule has 5 rings (SSSR count). The second kappa shape index (κ2) is 5.93. The molecule has 0 bridgehead atoms. The third-order valence-electron chi connectivity index (χ3n) is 5.18. The highest BCUT2D eigenvalue weighted by Crippen LogP contribution is 2.51. The first-order valence-corrected chi connectivity index (χ1v) is 9.30. The number of fused-ring (bicyclic) bond motifs is 2. The highest BCUT2D eigenvalue weighted by Gasteiger charge is 2.37. The number of ether oxygens (including phenoxy) is 2. The van der Waals surface area contributed by atoms with Gasteiger partial charge in [0.15, 0.2) is 17.3 Å². The number of rotatable bonds is 1. The van der Waals surface area contributed by atoms with Gasteiger partial charge in [-0.2, -0.15) is 0 Å². The monoisotopic (exact) mass is 387 g/mol. The number of benzene rings is 2. The molecule has 132 valence electrons. The van der Waals surface area contributed by atoms with Crippen molar-refractivity contribution in [2.75, 3.05) is 12.1 Å². The first kappa shape index (κ1) is 16.0. The Bertz CT molecular complexity index is 983. The van der Waals surface area contributed by atoms with E-state index < -0.39 is 0 Å². The molecule has 0 unspecified atom stereocenters. The van der Waals surface area contributed by atoms with Gasteiger partial charge in [-0.05, 0) is 36.1 Å². The van der Waals surface area contributed by atoms with Crippen LogP contribution in [0.2, 0.25) is 10.0 Å². The largest absolute Gasteiger partial charge is 0.454 e. The summed E-state index contributed by atoms with van der Waals surface area (Å²) < 4.78 is 11.1.